The normalized spacial score (nSPS) is 11.9. The Morgan fingerprint density at radius 1 is 1.04 bits per heavy atom. The highest BCUT2D eigenvalue weighted by atomic mass is 19.1. The summed E-state index contributed by atoms with van der Waals surface area (Å²) in [5.74, 6) is 0.0114. The predicted molar refractivity (Wildman–Crippen MR) is 83.6 cm³/mol. The minimum atomic E-state index is -0.339. The van der Waals surface area contributed by atoms with Crippen molar-refractivity contribution < 1.29 is 9.18 Å². The van der Waals surface area contributed by atoms with Crippen LogP contribution in [0, 0.1) is 5.82 Å². The van der Waals surface area contributed by atoms with Gasteiger partial charge < -0.3 is 0 Å². The van der Waals surface area contributed by atoms with E-state index in [2.05, 4.69) is 15.5 Å². The first-order valence-corrected chi connectivity index (χ1v) is 6.94. The lowest BCUT2D eigenvalue weighted by Crippen LogP contribution is -2.03. The van der Waals surface area contributed by atoms with Gasteiger partial charge in [0, 0.05) is 12.6 Å². The zero-order valence-corrected chi connectivity index (χ0v) is 12.3. The molecule has 1 heterocycles. The van der Waals surface area contributed by atoms with Gasteiger partial charge in [-0.3, -0.25) is 4.79 Å². The Morgan fingerprint density at radius 3 is 2.26 bits per heavy atom. The van der Waals surface area contributed by atoms with E-state index in [1.165, 1.54) is 16.8 Å². The van der Waals surface area contributed by atoms with Crippen LogP contribution in [-0.4, -0.2) is 26.5 Å². The van der Waals surface area contributed by atoms with Crippen LogP contribution in [0.5, 0.6) is 0 Å². The van der Waals surface area contributed by atoms with E-state index in [1.54, 1.807) is 19.2 Å². The van der Waals surface area contributed by atoms with Crippen molar-refractivity contribution in [3.63, 3.8) is 0 Å². The number of aryl methyl sites for hydroxylation is 1. The van der Waals surface area contributed by atoms with Crippen molar-refractivity contribution in [2.24, 2.45) is 7.05 Å². The molecule has 0 aliphatic rings. The number of aldehydes is 1. The highest BCUT2D eigenvalue weighted by molar-refractivity contribution is 6.19. The molecule has 3 rings (SSSR count). The molecule has 0 radical (unpaired) electrons. The average Bonchev–Trinajstić information content (AvgIpc) is 3.00. The number of nitrogens with zero attached hydrogens (tertiary/aromatic N) is 4. The van der Waals surface area contributed by atoms with Crippen LogP contribution in [-0.2, 0) is 11.8 Å². The first-order valence-electron chi connectivity index (χ1n) is 6.94. The summed E-state index contributed by atoms with van der Waals surface area (Å²) >= 11 is 0. The van der Waals surface area contributed by atoms with Crippen LogP contribution in [0.3, 0.4) is 0 Å². The molecule has 0 saturated carbocycles. The molecule has 0 spiro atoms. The fourth-order valence-corrected chi connectivity index (χ4v) is 2.38. The van der Waals surface area contributed by atoms with Crippen molar-refractivity contribution in [1.29, 1.82) is 0 Å². The van der Waals surface area contributed by atoms with E-state index < -0.39 is 0 Å². The molecule has 1 aromatic heterocycles. The van der Waals surface area contributed by atoms with Gasteiger partial charge in [0.1, 0.15) is 5.82 Å². The van der Waals surface area contributed by atoms with Crippen molar-refractivity contribution in [2.45, 2.75) is 0 Å². The van der Waals surface area contributed by atoms with E-state index in [4.69, 9.17) is 0 Å². The number of carbonyl (C=O) groups is 1. The van der Waals surface area contributed by atoms with Crippen LogP contribution in [0.4, 0.5) is 4.39 Å². The molecule has 0 saturated heterocycles. The van der Waals surface area contributed by atoms with Gasteiger partial charge in [-0.25, -0.2) is 9.07 Å². The van der Waals surface area contributed by atoms with Crippen molar-refractivity contribution in [3.8, 4) is 0 Å². The molecule has 6 heteroatoms. The largest absolute Gasteiger partial charge is 0.298 e. The zero-order valence-electron chi connectivity index (χ0n) is 12.3. The van der Waals surface area contributed by atoms with Crippen molar-refractivity contribution in [1.82, 2.24) is 20.2 Å². The third-order valence-corrected chi connectivity index (χ3v) is 3.44. The van der Waals surface area contributed by atoms with Crippen molar-refractivity contribution in [2.75, 3.05) is 0 Å². The Kier molecular flexibility index (Phi) is 4.05. The molecule has 0 unspecified atom stereocenters. The lowest BCUT2D eigenvalue weighted by molar-refractivity contribution is -0.103. The molecule has 114 valence electrons. The number of carbonyl (C=O) groups excluding carboxylic acids is 1. The molecule has 0 bridgehead atoms. The number of hydrogen-bond acceptors (Lipinski definition) is 4. The second kappa shape index (κ2) is 6.31. The molecular formula is C17H13FN4O. The fraction of sp³-hybridized carbons (Fsp3) is 0.0588. The predicted octanol–water partition coefficient (Wildman–Crippen LogP) is 2.51. The second-order valence-electron chi connectivity index (χ2n) is 4.91. The Labute approximate surface area is 132 Å². The first kappa shape index (κ1) is 14.8. The van der Waals surface area contributed by atoms with Crippen molar-refractivity contribution in [3.05, 3.63) is 77.4 Å². The summed E-state index contributed by atoms with van der Waals surface area (Å²) < 4.78 is 14.7. The summed E-state index contributed by atoms with van der Waals surface area (Å²) in [6.07, 6.45) is 0.720. The summed E-state index contributed by atoms with van der Waals surface area (Å²) in [6.45, 7) is 0. The number of hydrogen-bond donors (Lipinski definition) is 0. The molecule has 0 atom stereocenters. The Bertz CT molecular complexity index is 854. The van der Waals surface area contributed by atoms with Crippen LogP contribution in [0.1, 0.15) is 17.0 Å². The maximum absolute atomic E-state index is 13.3. The van der Waals surface area contributed by atoms with Gasteiger partial charge in [0.25, 0.3) is 0 Å². The summed E-state index contributed by atoms with van der Waals surface area (Å²) in [5.41, 5.74) is 2.53. The minimum absolute atomic E-state index is 0.339. The van der Waals surface area contributed by atoms with Crippen LogP contribution in [0.25, 0.3) is 11.1 Å². The summed E-state index contributed by atoms with van der Waals surface area (Å²) in [6, 6.07) is 15.4. The number of rotatable bonds is 4. The standard InChI is InChI=1S/C17H13FN4O/c1-22-17(19-20-21-22)15(11-23)16(12-5-3-2-4-6-12)13-7-9-14(18)10-8-13/h2-11H,1H3/b16-15-. The van der Waals surface area contributed by atoms with E-state index >= 15 is 0 Å². The highest BCUT2D eigenvalue weighted by Crippen LogP contribution is 2.30. The van der Waals surface area contributed by atoms with Gasteiger partial charge in [0.05, 0.1) is 5.57 Å². The molecule has 5 nitrogen and oxygen atoms in total. The van der Waals surface area contributed by atoms with E-state index in [-0.39, 0.29) is 5.82 Å². The summed E-state index contributed by atoms with van der Waals surface area (Å²) in [5, 5.41) is 11.3. The SMILES string of the molecule is Cn1nnnc1/C(C=O)=C(/c1ccccc1)c1ccc(F)cc1. The number of tetrazole rings is 1. The van der Waals surface area contributed by atoms with Crippen LogP contribution < -0.4 is 0 Å². The number of allylic oxidation sites excluding steroid dienone is 1. The maximum Gasteiger partial charge on any atom is 0.185 e. The van der Waals surface area contributed by atoms with Gasteiger partial charge in [-0.1, -0.05) is 42.5 Å². The van der Waals surface area contributed by atoms with Gasteiger partial charge in [-0.2, -0.15) is 0 Å². The van der Waals surface area contributed by atoms with E-state index in [0.717, 1.165) is 11.8 Å². The van der Waals surface area contributed by atoms with Crippen LogP contribution >= 0.6 is 0 Å². The van der Waals surface area contributed by atoms with Crippen LogP contribution in [0.2, 0.25) is 0 Å². The molecule has 23 heavy (non-hydrogen) atoms. The maximum atomic E-state index is 13.3. The molecule has 0 aliphatic heterocycles. The molecule has 0 N–H and O–H groups in total. The van der Waals surface area contributed by atoms with Gasteiger partial charge in [0.15, 0.2) is 12.1 Å². The van der Waals surface area contributed by atoms with Gasteiger partial charge in [-0.15, -0.1) is 5.10 Å². The number of halogens is 1. The lowest BCUT2D eigenvalue weighted by Gasteiger charge is -2.12. The van der Waals surface area contributed by atoms with E-state index in [0.29, 0.717) is 22.5 Å². The highest BCUT2D eigenvalue weighted by Gasteiger charge is 2.17. The molecule has 0 aliphatic carbocycles. The molecule has 2 aromatic carbocycles. The van der Waals surface area contributed by atoms with Gasteiger partial charge >= 0.3 is 0 Å². The number of aromatic nitrogens is 4. The summed E-state index contributed by atoms with van der Waals surface area (Å²) in [7, 11) is 1.66. The van der Waals surface area contributed by atoms with Gasteiger partial charge in [0.2, 0.25) is 0 Å². The number of benzene rings is 2. The minimum Gasteiger partial charge on any atom is -0.298 e. The Hall–Kier alpha value is -3.15. The third-order valence-electron chi connectivity index (χ3n) is 3.44. The second-order valence-corrected chi connectivity index (χ2v) is 4.91. The topological polar surface area (TPSA) is 60.7 Å². The Balaban J connectivity index is 2.30. The first-order chi connectivity index (χ1) is 11.2. The zero-order chi connectivity index (χ0) is 16.2. The van der Waals surface area contributed by atoms with E-state index in [9.17, 15) is 9.18 Å². The molecule has 0 fully saturated rings. The molecular weight excluding hydrogens is 295 g/mol. The van der Waals surface area contributed by atoms with Crippen molar-refractivity contribution >= 4 is 17.4 Å². The lowest BCUT2D eigenvalue weighted by atomic mass is 9.93. The summed E-state index contributed by atoms with van der Waals surface area (Å²) in [4.78, 5) is 11.8. The van der Waals surface area contributed by atoms with Crippen LogP contribution in [0.15, 0.2) is 54.6 Å². The third kappa shape index (κ3) is 2.91. The monoisotopic (exact) mass is 308 g/mol. The quantitative estimate of drug-likeness (QED) is 0.549. The van der Waals surface area contributed by atoms with Gasteiger partial charge in [-0.05, 0) is 33.7 Å². The van der Waals surface area contributed by atoms with E-state index in [1.807, 2.05) is 30.3 Å². The smallest absolute Gasteiger partial charge is 0.185 e. The molecule has 3 aromatic rings. The Morgan fingerprint density at radius 2 is 1.70 bits per heavy atom. The average molecular weight is 308 g/mol. The molecule has 0 amide bonds. The fourth-order valence-electron chi connectivity index (χ4n) is 2.38.